The monoisotopic (exact) mass is 393 g/mol. The van der Waals surface area contributed by atoms with Crippen molar-refractivity contribution in [3.8, 4) is 0 Å². The molecule has 1 amide bonds. The van der Waals surface area contributed by atoms with Crippen LogP contribution in [-0.4, -0.2) is 55.2 Å². The van der Waals surface area contributed by atoms with Gasteiger partial charge in [0.2, 0.25) is 10.0 Å². The van der Waals surface area contributed by atoms with E-state index in [1.165, 1.54) is 0 Å². The topological polar surface area (TPSA) is 83.7 Å². The molecule has 2 fully saturated rings. The van der Waals surface area contributed by atoms with Crippen molar-refractivity contribution in [2.45, 2.75) is 69.4 Å². The molecular weight excluding hydrogens is 362 g/mol. The Bertz CT molecular complexity index is 786. The van der Waals surface area contributed by atoms with Gasteiger partial charge >= 0.3 is 0 Å². The predicted octanol–water partition coefficient (Wildman–Crippen LogP) is 2.51. The van der Waals surface area contributed by atoms with Crippen LogP contribution in [-0.2, 0) is 10.0 Å². The normalized spacial score (nSPS) is 23.2. The van der Waals surface area contributed by atoms with Gasteiger partial charge in [0.05, 0.1) is 4.90 Å². The van der Waals surface area contributed by atoms with Gasteiger partial charge in [-0.25, -0.2) is 8.42 Å². The number of nitrogens with two attached hydrogens (primary N) is 1. The first-order valence-electron chi connectivity index (χ1n) is 9.99. The number of benzene rings is 1. The highest BCUT2D eigenvalue weighted by Gasteiger charge is 2.32. The standard InChI is InChI=1S/C20H31N3O3S/c1-15-9-10-17(27(25,26)22-11-5-3-6-12-22)14-18(15)20(24)23-13-7-4-8-19(23)16(2)21/h9-10,14,16,19H,3-8,11-13,21H2,1-2H3. The van der Waals surface area contributed by atoms with Crippen molar-refractivity contribution in [1.29, 1.82) is 0 Å². The van der Waals surface area contributed by atoms with E-state index in [4.69, 9.17) is 5.73 Å². The van der Waals surface area contributed by atoms with Gasteiger partial charge in [0.1, 0.15) is 0 Å². The quantitative estimate of drug-likeness (QED) is 0.852. The van der Waals surface area contributed by atoms with E-state index in [2.05, 4.69) is 0 Å². The van der Waals surface area contributed by atoms with Crippen LogP contribution in [0.5, 0.6) is 0 Å². The van der Waals surface area contributed by atoms with Gasteiger partial charge in [-0.1, -0.05) is 12.5 Å². The summed E-state index contributed by atoms with van der Waals surface area (Å²) < 4.78 is 27.5. The van der Waals surface area contributed by atoms with Crippen LogP contribution in [0.4, 0.5) is 0 Å². The summed E-state index contributed by atoms with van der Waals surface area (Å²) in [6.45, 7) is 5.57. The van der Waals surface area contributed by atoms with Crippen LogP contribution in [0.15, 0.2) is 23.1 Å². The summed E-state index contributed by atoms with van der Waals surface area (Å²) in [5.41, 5.74) is 7.38. The Morgan fingerprint density at radius 1 is 1.11 bits per heavy atom. The fourth-order valence-electron chi connectivity index (χ4n) is 4.16. The van der Waals surface area contributed by atoms with E-state index in [-0.39, 0.29) is 22.9 Å². The summed E-state index contributed by atoms with van der Waals surface area (Å²) in [6, 6.07) is 4.83. The van der Waals surface area contributed by atoms with Crippen LogP contribution in [0.2, 0.25) is 0 Å². The molecule has 0 spiro atoms. The lowest BCUT2D eigenvalue weighted by Gasteiger charge is -2.38. The van der Waals surface area contributed by atoms with Gasteiger partial charge in [-0.15, -0.1) is 0 Å². The number of hydrogen-bond acceptors (Lipinski definition) is 4. The molecule has 27 heavy (non-hydrogen) atoms. The first-order valence-corrected chi connectivity index (χ1v) is 11.4. The summed E-state index contributed by atoms with van der Waals surface area (Å²) in [6.07, 6.45) is 5.77. The fraction of sp³-hybridized carbons (Fsp3) is 0.650. The number of carbonyl (C=O) groups is 1. The van der Waals surface area contributed by atoms with Gasteiger partial charge in [-0.2, -0.15) is 4.31 Å². The predicted molar refractivity (Wildman–Crippen MR) is 106 cm³/mol. The Kier molecular flexibility index (Phi) is 6.23. The summed E-state index contributed by atoms with van der Waals surface area (Å²) >= 11 is 0. The molecule has 3 rings (SSSR count). The smallest absolute Gasteiger partial charge is 0.254 e. The third-order valence-corrected chi connectivity index (χ3v) is 7.70. The fourth-order valence-corrected chi connectivity index (χ4v) is 5.70. The molecule has 2 aliphatic rings. The number of likely N-dealkylation sites (tertiary alicyclic amines) is 1. The zero-order valence-electron chi connectivity index (χ0n) is 16.4. The van der Waals surface area contributed by atoms with Gasteiger partial charge in [-0.05, 0) is 63.6 Å². The molecule has 7 heteroatoms. The minimum Gasteiger partial charge on any atom is -0.334 e. The number of nitrogens with zero attached hydrogens (tertiary/aromatic N) is 2. The number of aryl methyl sites for hydroxylation is 1. The maximum atomic E-state index is 13.3. The number of piperidine rings is 2. The zero-order chi connectivity index (χ0) is 19.6. The second kappa shape index (κ2) is 8.29. The van der Waals surface area contributed by atoms with Crippen molar-refractivity contribution in [1.82, 2.24) is 9.21 Å². The van der Waals surface area contributed by atoms with Gasteiger partial charge in [0.15, 0.2) is 0 Å². The minimum atomic E-state index is -3.56. The number of sulfonamides is 1. The first-order chi connectivity index (χ1) is 12.8. The molecule has 150 valence electrons. The van der Waals surface area contributed by atoms with E-state index < -0.39 is 10.0 Å². The molecular formula is C20H31N3O3S. The second-order valence-electron chi connectivity index (χ2n) is 7.86. The average Bonchev–Trinajstić information content (AvgIpc) is 2.68. The van der Waals surface area contributed by atoms with Crippen LogP contribution in [0.3, 0.4) is 0 Å². The lowest BCUT2D eigenvalue weighted by atomic mass is 9.95. The van der Waals surface area contributed by atoms with Crippen molar-refractivity contribution in [3.63, 3.8) is 0 Å². The lowest BCUT2D eigenvalue weighted by Crippen LogP contribution is -2.51. The first kappa shape index (κ1) is 20.3. The maximum absolute atomic E-state index is 13.3. The molecule has 0 saturated carbocycles. The van der Waals surface area contributed by atoms with Crippen molar-refractivity contribution in [2.24, 2.45) is 5.73 Å². The molecule has 2 saturated heterocycles. The molecule has 2 unspecified atom stereocenters. The van der Waals surface area contributed by atoms with Crippen LogP contribution in [0.25, 0.3) is 0 Å². The molecule has 2 atom stereocenters. The Labute approximate surface area is 162 Å². The van der Waals surface area contributed by atoms with Crippen molar-refractivity contribution >= 4 is 15.9 Å². The maximum Gasteiger partial charge on any atom is 0.254 e. The minimum absolute atomic E-state index is 0.00741. The largest absolute Gasteiger partial charge is 0.334 e. The van der Waals surface area contributed by atoms with E-state index in [0.29, 0.717) is 25.2 Å². The zero-order valence-corrected chi connectivity index (χ0v) is 17.2. The number of amides is 1. The molecule has 0 aromatic heterocycles. The second-order valence-corrected chi connectivity index (χ2v) is 9.80. The molecule has 1 aromatic carbocycles. The summed E-state index contributed by atoms with van der Waals surface area (Å²) in [5.74, 6) is -0.106. The van der Waals surface area contributed by atoms with E-state index in [9.17, 15) is 13.2 Å². The Morgan fingerprint density at radius 3 is 2.44 bits per heavy atom. The van der Waals surface area contributed by atoms with Crippen LogP contribution in [0, 0.1) is 6.92 Å². The highest BCUT2D eigenvalue weighted by Crippen LogP contribution is 2.26. The van der Waals surface area contributed by atoms with E-state index in [0.717, 1.165) is 44.1 Å². The molecule has 0 radical (unpaired) electrons. The van der Waals surface area contributed by atoms with Crippen molar-refractivity contribution in [2.75, 3.05) is 19.6 Å². The van der Waals surface area contributed by atoms with Crippen LogP contribution < -0.4 is 5.73 Å². The van der Waals surface area contributed by atoms with Gasteiger partial charge < -0.3 is 10.6 Å². The summed E-state index contributed by atoms with van der Waals surface area (Å²) in [4.78, 5) is 15.3. The summed E-state index contributed by atoms with van der Waals surface area (Å²) in [7, 11) is -3.56. The van der Waals surface area contributed by atoms with Crippen LogP contribution >= 0.6 is 0 Å². The average molecular weight is 394 g/mol. The van der Waals surface area contributed by atoms with Crippen LogP contribution in [0.1, 0.15) is 61.4 Å². The van der Waals surface area contributed by atoms with Gasteiger partial charge in [-0.3, -0.25) is 4.79 Å². The van der Waals surface area contributed by atoms with E-state index >= 15 is 0 Å². The SMILES string of the molecule is Cc1ccc(S(=O)(=O)N2CCCCC2)cc1C(=O)N1CCCCC1C(C)N. The molecule has 0 aliphatic carbocycles. The number of carbonyl (C=O) groups excluding carboxylic acids is 1. The van der Waals surface area contributed by atoms with Crippen molar-refractivity contribution < 1.29 is 13.2 Å². The summed E-state index contributed by atoms with van der Waals surface area (Å²) in [5, 5.41) is 0. The lowest BCUT2D eigenvalue weighted by molar-refractivity contribution is 0.0583. The van der Waals surface area contributed by atoms with E-state index in [1.54, 1.807) is 22.5 Å². The third kappa shape index (κ3) is 4.20. The van der Waals surface area contributed by atoms with Gasteiger partial charge in [0, 0.05) is 37.3 Å². The molecule has 2 N–H and O–H groups in total. The highest BCUT2D eigenvalue weighted by atomic mass is 32.2. The van der Waals surface area contributed by atoms with E-state index in [1.807, 2.05) is 18.7 Å². The highest BCUT2D eigenvalue weighted by molar-refractivity contribution is 7.89. The number of rotatable bonds is 4. The van der Waals surface area contributed by atoms with Gasteiger partial charge in [0.25, 0.3) is 5.91 Å². The Hall–Kier alpha value is -1.44. The Morgan fingerprint density at radius 2 is 1.78 bits per heavy atom. The molecule has 0 bridgehead atoms. The molecule has 2 aliphatic heterocycles. The Balaban J connectivity index is 1.92. The number of hydrogen-bond donors (Lipinski definition) is 1. The van der Waals surface area contributed by atoms with Crippen molar-refractivity contribution in [3.05, 3.63) is 29.3 Å². The molecule has 1 aromatic rings. The molecule has 2 heterocycles. The molecule has 6 nitrogen and oxygen atoms in total. The third-order valence-electron chi connectivity index (χ3n) is 5.81.